The van der Waals surface area contributed by atoms with Gasteiger partial charge in [-0.25, -0.2) is 0 Å². The van der Waals surface area contributed by atoms with Gasteiger partial charge in [0.15, 0.2) is 5.11 Å². The molecule has 7 nitrogen and oxygen atoms in total. The molecule has 38 heavy (non-hydrogen) atoms. The van der Waals surface area contributed by atoms with Crippen LogP contribution >= 0.6 is 12.2 Å². The summed E-state index contributed by atoms with van der Waals surface area (Å²) in [5, 5.41) is 7.14. The van der Waals surface area contributed by atoms with Gasteiger partial charge < -0.3 is 20.1 Å². The number of nitrogens with one attached hydrogen (secondary N) is 2. The van der Waals surface area contributed by atoms with Crippen LogP contribution in [0.3, 0.4) is 0 Å². The molecule has 4 aromatic rings. The summed E-state index contributed by atoms with van der Waals surface area (Å²) in [6, 6.07) is 19.9. The van der Waals surface area contributed by atoms with Gasteiger partial charge in [0.1, 0.15) is 0 Å². The van der Waals surface area contributed by atoms with Crippen molar-refractivity contribution < 1.29 is 4.79 Å². The summed E-state index contributed by atoms with van der Waals surface area (Å²) in [4.78, 5) is 23.8. The summed E-state index contributed by atoms with van der Waals surface area (Å²) in [6.07, 6.45) is 5.77. The molecule has 1 fully saturated rings. The minimum atomic E-state index is -0.126. The topological polar surface area (TPSA) is 75.1 Å². The summed E-state index contributed by atoms with van der Waals surface area (Å²) in [5.74, 6) is -0.0418. The lowest BCUT2D eigenvalue weighted by Gasteiger charge is -2.28. The summed E-state index contributed by atoms with van der Waals surface area (Å²) < 4.78 is 2.32. The highest BCUT2D eigenvalue weighted by Gasteiger charge is 2.41. The van der Waals surface area contributed by atoms with Gasteiger partial charge in [0.05, 0.1) is 17.8 Å². The molecular weight excluding hydrogens is 492 g/mol. The zero-order valence-corrected chi connectivity index (χ0v) is 22.7. The lowest BCUT2D eigenvalue weighted by molar-refractivity contribution is -0.116. The third kappa shape index (κ3) is 5.45. The molecule has 8 heteroatoms. The molecule has 0 radical (unpaired) electrons. The first kappa shape index (κ1) is 25.6. The van der Waals surface area contributed by atoms with Crippen molar-refractivity contribution in [2.45, 2.75) is 45.8 Å². The van der Waals surface area contributed by atoms with Crippen LogP contribution in [0.15, 0.2) is 79.3 Å². The Morgan fingerprint density at radius 3 is 2.50 bits per heavy atom. The number of rotatable bonds is 8. The first-order valence-electron chi connectivity index (χ1n) is 12.8. The second-order valence-electron chi connectivity index (χ2n) is 9.75. The molecular formula is C30H32N6OS. The molecule has 1 aliphatic rings. The van der Waals surface area contributed by atoms with Crippen LogP contribution in [0.1, 0.15) is 52.3 Å². The molecule has 0 unspecified atom stereocenters. The third-order valence-corrected chi connectivity index (χ3v) is 7.49. The number of carbonyl (C=O) groups is 1. The molecule has 1 saturated heterocycles. The van der Waals surface area contributed by atoms with Crippen molar-refractivity contribution in [3.8, 4) is 0 Å². The normalized spacial score (nSPS) is 16.9. The summed E-state index contributed by atoms with van der Waals surface area (Å²) in [7, 11) is 0. The Morgan fingerprint density at radius 2 is 1.79 bits per heavy atom. The van der Waals surface area contributed by atoms with Crippen LogP contribution in [0, 0.1) is 20.8 Å². The van der Waals surface area contributed by atoms with E-state index in [0.29, 0.717) is 18.1 Å². The van der Waals surface area contributed by atoms with E-state index < -0.39 is 0 Å². The van der Waals surface area contributed by atoms with E-state index in [1.165, 1.54) is 22.5 Å². The average Bonchev–Trinajstić information content (AvgIpc) is 3.40. The molecule has 0 aliphatic carbocycles. The van der Waals surface area contributed by atoms with E-state index in [0.717, 1.165) is 23.5 Å². The molecule has 2 N–H and O–H groups in total. The Bertz CT molecular complexity index is 1420. The van der Waals surface area contributed by atoms with Crippen LogP contribution in [0.5, 0.6) is 0 Å². The predicted octanol–water partition coefficient (Wildman–Crippen LogP) is 5.25. The lowest BCUT2D eigenvalue weighted by atomic mass is 9.96. The molecule has 3 aromatic heterocycles. The van der Waals surface area contributed by atoms with E-state index in [1.807, 2.05) is 80.1 Å². The van der Waals surface area contributed by atoms with Crippen LogP contribution in [-0.4, -0.2) is 37.0 Å². The largest absolute Gasteiger partial charge is 0.352 e. The van der Waals surface area contributed by atoms with Gasteiger partial charge in [-0.05, 0) is 86.6 Å². The summed E-state index contributed by atoms with van der Waals surface area (Å²) >= 11 is 5.82. The van der Waals surface area contributed by atoms with Crippen molar-refractivity contribution in [2.24, 2.45) is 0 Å². The lowest BCUT2D eigenvalue weighted by Crippen LogP contribution is -2.33. The fraction of sp³-hybridized carbons (Fsp3) is 0.267. The number of aryl methyl sites for hydroxylation is 2. The molecule has 194 valence electrons. The standard InChI is InChI=1S/C30H32N6OS/c1-20-7-9-24(10-8-20)33-27(37)13-17-35-29(28(34-30(35)38)26-6-4-5-14-32-26)25-18-21(2)36(22(25)3)19-23-11-15-31-16-12-23/h4-12,14-16,18,28-29H,13,17,19H2,1-3H3,(H,33,37)(H,34,38)/t28-,29-/m1/s1. The highest BCUT2D eigenvalue weighted by atomic mass is 32.1. The van der Waals surface area contributed by atoms with Crippen LogP contribution in [0.4, 0.5) is 5.69 Å². The highest BCUT2D eigenvalue weighted by Crippen LogP contribution is 2.41. The molecule has 4 heterocycles. The average molecular weight is 525 g/mol. The Hall–Kier alpha value is -4.04. The fourth-order valence-corrected chi connectivity index (χ4v) is 5.44. The quantitative estimate of drug-likeness (QED) is 0.307. The number of amides is 1. The number of aromatic nitrogens is 3. The van der Waals surface area contributed by atoms with Crippen molar-refractivity contribution in [1.82, 2.24) is 24.8 Å². The Morgan fingerprint density at radius 1 is 1.03 bits per heavy atom. The number of hydrogen-bond acceptors (Lipinski definition) is 4. The van der Waals surface area contributed by atoms with Crippen molar-refractivity contribution in [2.75, 3.05) is 11.9 Å². The summed E-state index contributed by atoms with van der Waals surface area (Å²) in [6.45, 7) is 7.57. The van der Waals surface area contributed by atoms with Crippen LogP contribution in [0.2, 0.25) is 0 Å². The molecule has 0 spiro atoms. The van der Waals surface area contributed by atoms with Gasteiger partial charge in [0.2, 0.25) is 5.91 Å². The molecule has 1 aliphatic heterocycles. The first-order valence-corrected chi connectivity index (χ1v) is 13.2. The van der Waals surface area contributed by atoms with Gasteiger partial charge >= 0.3 is 0 Å². The molecule has 5 rings (SSSR count). The maximum atomic E-state index is 12.9. The van der Waals surface area contributed by atoms with Crippen molar-refractivity contribution in [1.29, 1.82) is 0 Å². The molecule has 0 bridgehead atoms. The van der Waals surface area contributed by atoms with Crippen molar-refractivity contribution >= 4 is 28.9 Å². The van der Waals surface area contributed by atoms with Crippen molar-refractivity contribution in [3.63, 3.8) is 0 Å². The van der Waals surface area contributed by atoms with Gasteiger partial charge in [-0.15, -0.1) is 0 Å². The minimum absolute atomic E-state index is 0.0418. The predicted molar refractivity (Wildman–Crippen MR) is 154 cm³/mol. The van der Waals surface area contributed by atoms with E-state index in [9.17, 15) is 4.79 Å². The first-order chi connectivity index (χ1) is 18.4. The number of hydrogen-bond donors (Lipinski definition) is 2. The van der Waals surface area contributed by atoms with Gasteiger partial charge in [-0.2, -0.15) is 0 Å². The molecule has 1 aromatic carbocycles. The Balaban J connectivity index is 1.42. The van der Waals surface area contributed by atoms with E-state index >= 15 is 0 Å². The smallest absolute Gasteiger partial charge is 0.226 e. The van der Waals surface area contributed by atoms with Crippen molar-refractivity contribution in [3.05, 3.63) is 113 Å². The van der Waals surface area contributed by atoms with Crippen LogP contribution < -0.4 is 10.6 Å². The second kappa shape index (κ2) is 11.1. The molecule has 2 atom stereocenters. The Labute approximate surface area is 228 Å². The number of benzene rings is 1. The second-order valence-corrected chi connectivity index (χ2v) is 10.1. The van der Waals surface area contributed by atoms with E-state index in [4.69, 9.17) is 12.2 Å². The number of nitrogens with zero attached hydrogens (tertiary/aromatic N) is 4. The van der Waals surface area contributed by atoms with Gasteiger partial charge in [0, 0.05) is 55.2 Å². The van der Waals surface area contributed by atoms with Gasteiger partial charge in [-0.3, -0.25) is 14.8 Å². The Kier molecular flexibility index (Phi) is 7.51. The SMILES string of the molecule is Cc1ccc(NC(=O)CCN2C(=S)N[C@H](c3ccccn3)[C@H]2c2cc(C)n(Cc3ccncc3)c2C)cc1. The number of carbonyl (C=O) groups excluding carboxylic acids is 1. The fourth-order valence-electron chi connectivity index (χ4n) is 5.11. The number of anilines is 1. The zero-order valence-electron chi connectivity index (χ0n) is 21.9. The van der Waals surface area contributed by atoms with Gasteiger partial charge in [0.25, 0.3) is 0 Å². The van der Waals surface area contributed by atoms with E-state index in [1.54, 1.807) is 0 Å². The monoisotopic (exact) mass is 524 g/mol. The number of pyridine rings is 2. The van der Waals surface area contributed by atoms with E-state index in [2.05, 4.69) is 50.0 Å². The maximum absolute atomic E-state index is 12.9. The van der Waals surface area contributed by atoms with Crippen LogP contribution in [0.25, 0.3) is 0 Å². The third-order valence-electron chi connectivity index (χ3n) is 7.13. The maximum Gasteiger partial charge on any atom is 0.226 e. The summed E-state index contributed by atoms with van der Waals surface area (Å²) in [5.41, 5.74) is 7.59. The highest BCUT2D eigenvalue weighted by molar-refractivity contribution is 7.80. The van der Waals surface area contributed by atoms with Gasteiger partial charge in [-0.1, -0.05) is 23.8 Å². The molecule has 1 amide bonds. The molecule has 0 saturated carbocycles. The van der Waals surface area contributed by atoms with Crippen LogP contribution in [-0.2, 0) is 11.3 Å². The van der Waals surface area contributed by atoms with E-state index in [-0.39, 0.29) is 18.0 Å². The zero-order chi connectivity index (χ0) is 26.6. The number of thiocarbonyl (C=S) groups is 1. The minimum Gasteiger partial charge on any atom is -0.352 e.